The number of nitrogens with one attached hydrogen (secondary N) is 1. The number of carbonyl (C=O) groups excluding carboxylic acids is 1. The lowest BCUT2D eigenvalue weighted by Gasteiger charge is -2.09. The summed E-state index contributed by atoms with van der Waals surface area (Å²) in [4.78, 5) is 11.0. The summed E-state index contributed by atoms with van der Waals surface area (Å²) in [6.07, 6.45) is 0. The van der Waals surface area contributed by atoms with Crippen LogP contribution in [0.2, 0.25) is 5.02 Å². The molecular weight excluding hydrogens is 268 g/mol. The number of esters is 1. The molecule has 0 radical (unpaired) electrons. The molecule has 0 aliphatic carbocycles. The third-order valence-corrected chi connectivity index (χ3v) is 2.42. The molecule has 102 valence electrons. The third-order valence-electron chi connectivity index (χ3n) is 2.19. The van der Waals surface area contributed by atoms with E-state index >= 15 is 0 Å². The minimum atomic E-state index is -0.386. The van der Waals surface area contributed by atoms with E-state index in [4.69, 9.17) is 26.3 Å². The van der Waals surface area contributed by atoms with Crippen LogP contribution in [0.3, 0.4) is 0 Å². The first-order valence-electron chi connectivity index (χ1n) is 5.84. The van der Waals surface area contributed by atoms with Crippen LogP contribution in [0.5, 0.6) is 0 Å². The van der Waals surface area contributed by atoms with Crippen molar-refractivity contribution < 1.29 is 14.3 Å². The topological polar surface area (TPSA) is 71.3 Å². The number of nitriles is 1. The molecule has 19 heavy (non-hydrogen) atoms. The molecule has 6 heteroatoms. The van der Waals surface area contributed by atoms with Crippen LogP contribution < -0.4 is 5.32 Å². The average Bonchev–Trinajstić information content (AvgIpc) is 2.39. The van der Waals surface area contributed by atoms with Crippen molar-refractivity contribution in [2.24, 2.45) is 0 Å². The molecule has 0 atom stereocenters. The second-order valence-corrected chi connectivity index (χ2v) is 4.02. The van der Waals surface area contributed by atoms with Crippen molar-refractivity contribution in [1.82, 2.24) is 0 Å². The molecule has 0 aliphatic rings. The Kier molecular flexibility index (Phi) is 6.72. The van der Waals surface area contributed by atoms with Gasteiger partial charge in [0.15, 0.2) is 0 Å². The Balaban J connectivity index is 2.32. The summed E-state index contributed by atoms with van der Waals surface area (Å²) in [7, 11) is 0. The molecule has 0 saturated heterocycles. The molecule has 0 fully saturated rings. The smallest absolute Gasteiger partial charge is 0.332 e. The summed E-state index contributed by atoms with van der Waals surface area (Å²) in [5.41, 5.74) is 1.16. The first kappa shape index (κ1) is 15.3. The second kappa shape index (κ2) is 8.35. The lowest BCUT2D eigenvalue weighted by Crippen LogP contribution is -2.16. The van der Waals surface area contributed by atoms with Crippen LogP contribution in [-0.4, -0.2) is 32.3 Å². The Morgan fingerprint density at radius 3 is 3.00 bits per heavy atom. The highest BCUT2D eigenvalue weighted by molar-refractivity contribution is 6.30. The predicted molar refractivity (Wildman–Crippen MR) is 72.1 cm³/mol. The normalized spacial score (nSPS) is 9.74. The van der Waals surface area contributed by atoms with Gasteiger partial charge in [0.2, 0.25) is 0 Å². The minimum absolute atomic E-state index is 0.0732. The third kappa shape index (κ3) is 5.60. The zero-order valence-corrected chi connectivity index (χ0v) is 11.4. The molecule has 0 bridgehead atoms. The number of anilines is 1. The van der Waals surface area contributed by atoms with Gasteiger partial charge in [0.05, 0.1) is 24.5 Å². The zero-order chi connectivity index (χ0) is 14.1. The number of benzene rings is 1. The van der Waals surface area contributed by atoms with Gasteiger partial charge in [-0.2, -0.15) is 5.26 Å². The maximum absolute atomic E-state index is 11.0. The highest BCUT2D eigenvalue weighted by Gasteiger charge is 2.03. The van der Waals surface area contributed by atoms with Crippen molar-refractivity contribution in [3.8, 4) is 6.07 Å². The van der Waals surface area contributed by atoms with E-state index < -0.39 is 0 Å². The summed E-state index contributed by atoms with van der Waals surface area (Å²) in [6.45, 7) is 2.80. The fourth-order valence-electron chi connectivity index (χ4n) is 1.38. The van der Waals surface area contributed by atoms with E-state index in [9.17, 15) is 4.79 Å². The van der Waals surface area contributed by atoms with E-state index in [2.05, 4.69) is 11.4 Å². The van der Waals surface area contributed by atoms with Gasteiger partial charge in [-0.05, 0) is 25.1 Å². The Morgan fingerprint density at radius 2 is 2.32 bits per heavy atom. The molecule has 1 rings (SSSR count). The molecule has 0 aromatic heterocycles. The molecule has 0 amide bonds. The maximum atomic E-state index is 11.0. The van der Waals surface area contributed by atoms with E-state index in [0.717, 1.165) is 0 Å². The van der Waals surface area contributed by atoms with Gasteiger partial charge < -0.3 is 14.8 Å². The second-order valence-electron chi connectivity index (χ2n) is 3.59. The maximum Gasteiger partial charge on any atom is 0.332 e. The van der Waals surface area contributed by atoms with Gasteiger partial charge in [-0.15, -0.1) is 0 Å². The zero-order valence-electron chi connectivity index (χ0n) is 10.6. The lowest BCUT2D eigenvalue weighted by molar-refractivity contribution is -0.148. The number of rotatable bonds is 7. The van der Waals surface area contributed by atoms with Gasteiger partial charge in [0, 0.05) is 11.6 Å². The van der Waals surface area contributed by atoms with Crippen molar-refractivity contribution in [3.63, 3.8) is 0 Å². The molecule has 0 heterocycles. The highest BCUT2D eigenvalue weighted by atomic mass is 35.5. The van der Waals surface area contributed by atoms with Crippen LogP contribution in [0.1, 0.15) is 12.5 Å². The Hall–Kier alpha value is -1.77. The molecule has 5 nitrogen and oxygen atoms in total. The molecule has 0 aliphatic heterocycles. The molecule has 0 saturated carbocycles. The van der Waals surface area contributed by atoms with Gasteiger partial charge in [-0.3, -0.25) is 0 Å². The van der Waals surface area contributed by atoms with E-state index in [1.807, 2.05) is 0 Å². The minimum Gasteiger partial charge on any atom is -0.464 e. The van der Waals surface area contributed by atoms with Crippen LogP contribution >= 0.6 is 11.6 Å². The Labute approximate surface area is 117 Å². The first-order valence-corrected chi connectivity index (χ1v) is 6.22. The molecule has 1 aromatic rings. The average molecular weight is 283 g/mol. The first-order chi connectivity index (χ1) is 9.17. The van der Waals surface area contributed by atoms with Crippen molar-refractivity contribution in [2.45, 2.75) is 6.92 Å². The van der Waals surface area contributed by atoms with Gasteiger partial charge in [0.1, 0.15) is 12.7 Å². The van der Waals surface area contributed by atoms with Gasteiger partial charge in [0.25, 0.3) is 0 Å². The monoisotopic (exact) mass is 282 g/mol. The van der Waals surface area contributed by atoms with E-state index in [-0.39, 0.29) is 12.6 Å². The number of hydrogen-bond acceptors (Lipinski definition) is 5. The number of carbonyl (C=O) groups is 1. The summed E-state index contributed by atoms with van der Waals surface area (Å²) in [6, 6.07) is 7.03. The highest BCUT2D eigenvalue weighted by Crippen LogP contribution is 2.19. The molecule has 0 unspecified atom stereocenters. The van der Waals surface area contributed by atoms with E-state index in [1.54, 1.807) is 25.1 Å². The largest absolute Gasteiger partial charge is 0.464 e. The van der Waals surface area contributed by atoms with Crippen LogP contribution in [-0.2, 0) is 14.3 Å². The Bertz CT molecular complexity index is 471. The fourth-order valence-corrected chi connectivity index (χ4v) is 1.55. The summed E-state index contributed by atoms with van der Waals surface area (Å²) in [5.74, 6) is -0.386. The number of ether oxygens (including phenoxy) is 2. The summed E-state index contributed by atoms with van der Waals surface area (Å²) >= 11 is 5.85. The number of hydrogen-bond donors (Lipinski definition) is 1. The fraction of sp³-hybridized carbons (Fsp3) is 0.385. The number of halogens is 1. The lowest BCUT2D eigenvalue weighted by atomic mass is 10.2. The quantitative estimate of drug-likeness (QED) is 0.613. The van der Waals surface area contributed by atoms with Crippen LogP contribution in [0, 0.1) is 11.3 Å². The van der Waals surface area contributed by atoms with Crippen LogP contribution in [0.15, 0.2) is 18.2 Å². The van der Waals surface area contributed by atoms with Crippen molar-refractivity contribution in [1.29, 1.82) is 5.26 Å². The summed E-state index contributed by atoms with van der Waals surface area (Å²) in [5, 5.41) is 12.5. The molecule has 0 spiro atoms. The number of nitrogens with zero attached hydrogens (tertiary/aromatic N) is 1. The van der Waals surface area contributed by atoms with E-state index in [1.165, 1.54) is 0 Å². The molecular formula is C13H15ClN2O3. The van der Waals surface area contributed by atoms with Crippen LogP contribution in [0.25, 0.3) is 0 Å². The SMILES string of the molecule is CCOC(=O)COCCNc1cc(Cl)ccc1C#N. The summed E-state index contributed by atoms with van der Waals surface area (Å²) < 4.78 is 9.83. The van der Waals surface area contributed by atoms with Gasteiger partial charge in [-0.1, -0.05) is 11.6 Å². The van der Waals surface area contributed by atoms with Crippen molar-refractivity contribution >= 4 is 23.3 Å². The predicted octanol–water partition coefficient (Wildman–Crippen LogP) is 2.20. The van der Waals surface area contributed by atoms with E-state index in [0.29, 0.717) is 36.0 Å². The Morgan fingerprint density at radius 1 is 1.53 bits per heavy atom. The van der Waals surface area contributed by atoms with Crippen molar-refractivity contribution in [2.75, 3.05) is 31.7 Å². The van der Waals surface area contributed by atoms with Gasteiger partial charge in [-0.25, -0.2) is 4.79 Å². The van der Waals surface area contributed by atoms with Crippen LogP contribution in [0.4, 0.5) is 5.69 Å². The van der Waals surface area contributed by atoms with Gasteiger partial charge >= 0.3 is 5.97 Å². The molecule has 1 N–H and O–H groups in total. The standard InChI is InChI=1S/C13H15ClN2O3/c1-2-19-13(17)9-18-6-5-16-12-7-11(14)4-3-10(12)8-15/h3-4,7,16H,2,5-6,9H2,1H3. The van der Waals surface area contributed by atoms with Crippen molar-refractivity contribution in [3.05, 3.63) is 28.8 Å². The molecule has 1 aromatic carbocycles.